The lowest BCUT2D eigenvalue weighted by molar-refractivity contribution is -0.111. The van der Waals surface area contributed by atoms with Crippen LogP contribution in [-0.4, -0.2) is 11.9 Å². The molecule has 0 radical (unpaired) electrons. The highest BCUT2D eigenvalue weighted by Crippen LogP contribution is 2.16. The number of carbonyl (C=O) groups is 2. The smallest absolute Gasteiger partial charge is 0.412 e. The van der Waals surface area contributed by atoms with Gasteiger partial charge in [-0.05, 0) is 25.3 Å². The highest BCUT2D eigenvalue weighted by molar-refractivity contribution is 6.09. The molecule has 0 saturated heterocycles. The zero-order valence-electron chi connectivity index (χ0n) is 11.3. The highest BCUT2D eigenvalue weighted by atomic mass is 16.6. The number of hydrogen-bond donors (Lipinski definition) is 2. The van der Waals surface area contributed by atoms with Crippen LogP contribution in [0.1, 0.15) is 25.5 Å². The molecule has 5 nitrogen and oxygen atoms in total. The van der Waals surface area contributed by atoms with Crippen LogP contribution in [-0.2, 0) is 9.53 Å². The van der Waals surface area contributed by atoms with Gasteiger partial charge < -0.3 is 10.5 Å². The second-order valence-corrected chi connectivity index (χ2v) is 4.11. The third-order valence-corrected chi connectivity index (χ3v) is 2.53. The molecule has 5 heteroatoms. The van der Waals surface area contributed by atoms with E-state index >= 15 is 0 Å². The molecule has 1 aromatic carbocycles. The summed E-state index contributed by atoms with van der Waals surface area (Å²) in [6.07, 6.45) is 3.75. The van der Waals surface area contributed by atoms with Gasteiger partial charge in [0.05, 0.1) is 0 Å². The summed E-state index contributed by atoms with van der Waals surface area (Å²) in [6, 6.07) is 9.19. The predicted molar refractivity (Wildman–Crippen MR) is 75.2 cm³/mol. The average molecular weight is 272 g/mol. The van der Waals surface area contributed by atoms with Crippen LogP contribution >= 0.6 is 0 Å². The third kappa shape index (κ3) is 4.18. The maximum Gasteiger partial charge on any atom is 0.412 e. The molecular weight excluding hydrogens is 256 g/mol. The van der Waals surface area contributed by atoms with Gasteiger partial charge in [-0.3, -0.25) is 10.1 Å². The van der Waals surface area contributed by atoms with Crippen molar-refractivity contribution in [3.05, 3.63) is 47.3 Å². The average Bonchev–Trinajstić information content (AvgIpc) is 2.44. The number of benzene rings is 1. The molecule has 0 spiro atoms. The Hall–Kier alpha value is -2.74. The molecule has 1 rings (SSSR count). The number of terminal acetylenes is 1. The molecule has 1 amide bonds. The first-order valence-corrected chi connectivity index (χ1v) is 5.95. The number of Topliss-reactive ketones (excluding diaryl/α,β-unsaturated/α-hetero) is 1. The molecule has 0 fully saturated rings. The Kier molecular flexibility index (Phi) is 5.36. The number of ether oxygens (including phenoxy) is 1. The molecule has 3 N–H and O–H groups in total. The van der Waals surface area contributed by atoms with Crippen LogP contribution in [0, 0.1) is 12.3 Å². The van der Waals surface area contributed by atoms with E-state index < -0.39 is 18.0 Å². The van der Waals surface area contributed by atoms with Gasteiger partial charge >= 0.3 is 6.09 Å². The number of carbonyl (C=O) groups excluding carboxylic acids is 2. The number of nitrogens with two attached hydrogens (primary N) is 1. The van der Waals surface area contributed by atoms with Crippen LogP contribution in [0.3, 0.4) is 0 Å². The number of allylic oxidation sites excluding steroid dienone is 2. The van der Waals surface area contributed by atoms with Crippen LogP contribution < -0.4 is 11.1 Å². The van der Waals surface area contributed by atoms with E-state index in [0.717, 1.165) is 5.56 Å². The van der Waals surface area contributed by atoms with Gasteiger partial charge in [0.1, 0.15) is 11.8 Å². The molecular formula is C15H16N2O3. The van der Waals surface area contributed by atoms with E-state index in [-0.39, 0.29) is 11.4 Å². The van der Waals surface area contributed by atoms with Gasteiger partial charge in [-0.25, -0.2) is 4.79 Å². The van der Waals surface area contributed by atoms with Crippen LogP contribution in [0.15, 0.2) is 41.7 Å². The fourth-order valence-corrected chi connectivity index (χ4v) is 1.49. The summed E-state index contributed by atoms with van der Waals surface area (Å²) in [5.74, 6) is 1.19. The van der Waals surface area contributed by atoms with Crippen LogP contribution in [0.4, 0.5) is 4.79 Å². The Balaban J connectivity index is 2.71. The monoisotopic (exact) mass is 272 g/mol. The molecule has 0 heterocycles. The highest BCUT2D eigenvalue weighted by Gasteiger charge is 2.16. The zero-order valence-corrected chi connectivity index (χ0v) is 11.3. The van der Waals surface area contributed by atoms with Crippen molar-refractivity contribution in [2.45, 2.75) is 20.0 Å². The number of nitrogens with one attached hydrogen (secondary N) is 1. The van der Waals surface area contributed by atoms with Gasteiger partial charge in [-0.15, -0.1) is 6.42 Å². The summed E-state index contributed by atoms with van der Waals surface area (Å²) in [6.45, 7) is 3.18. The molecule has 1 aromatic rings. The normalized spacial score (nSPS) is 12.7. The van der Waals surface area contributed by atoms with E-state index in [0.29, 0.717) is 0 Å². The molecule has 1 atom stereocenters. The van der Waals surface area contributed by atoms with Crippen molar-refractivity contribution < 1.29 is 14.3 Å². The molecule has 0 bridgehead atoms. The summed E-state index contributed by atoms with van der Waals surface area (Å²) >= 11 is 0. The van der Waals surface area contributed by atoms with Crippen LogP contribution in [0.25, 0.3) is 0 Å². The first-order chi connectivity index (χ1) is 9.45. The third-order valence-electron chi connectivity index (χ3n) is 2.53. The fraction of sp³-hybridized carbons (Fsp3) is 0.200. The van der Waals surface area contributed by atoms with Crippen molar-refractivity contribution in [3.8, 4) is 12.3 Å². The van der Waals surface area contributed by atoms with Gasteiger partial charge in [0.15, 0.2) is 0 Å². The Bertz CT molecular complexity index is 567. The molecule has 0 unspecified atom stereocenters. The van der Waals surface area contributed by atoms with Gasteiger partial charge in [-0.1, -0.05) is 30.3 Å². The van der Waals surface area contributed by atoms with E-state index in [4.69, 9.17) is 16.9 Å². The minimum atomic E-state index is -0.787. The number of ketones is 1. The number of hydrogen-bond acceptors (Lipinski definition) is 4. The molecule has 0 aliphatic carbocycles. The maximum absolute atomic E-state index is 11.7. The topological polar surface area (TPSA) is 81.4 Å². The quantitative estimate of drug-likeness (QED) is 0.498. The Morgan fingerprint density at radius 2 is 1.95 bits per heavy atom. The van der Waals surface area contributed by atoms with Gasteiger partial charge in [-0.2, -0.15) is 0 Å². The predicted octanol–water partition coefficient (Wildman–Crippen LogP) is 1.87. The molecule has 104 valence electrons. The molecule has 0 aliphatic heterocycles. The molecule has 20 heavy (non-hydrogen) atoms. The zero-order chi connectivity index (χ0) is 15.1. The summed E-state index contributed by atoms with van der Waals surface area (Å²) in [5.41, 5.74) is 6.31. The maximum atomic E-state index is 11.7. The Morgan fingerprint density at radius 3 is 2.45 bits per heavy atom. The standard InChI is InChI=1S/C15H16N2O3/c1-4-13(18)14(10(2)16)17-15(19)20-11(3)12-8-6-5-7-9-12/h1,5-9,11H,16H2,2-3H3,(H,17,19)/t11-/m1/s1. The van der Waals surface area contributed by atoms with Crippen LogP contribution in [0.5, 0.6) is 0 Å². The van der Waals surface area contributed by atoms with E-state index in [1.54, 1.807) is 6.92 Å². The van der Waals surface area contributed by atoms with Gasteiger partial charge in [0, 0.05) is 5.70 Å². The largest absolute Gasteiger partial charge is 0.441 e. The van der Waals surface area contributed by atoms with E-state index in [2.05, 4.69) is 5.32 Å². The van der Waals surface area contributed by atoms with Crippen molar-refractivity contribution in [1.29, 1.82) is 0 Å². The lowest BCUT2D eigenvalue weighted by atomic mass is 10.1. The summed E-state index contributed by atoms with van der Waals surface area (Å²) < 4.78 is 5.15. The number of alkyl carbamates (subject to hydrolysis) is 1. The summed E-state index contributed by atoms with van der Waals surface area (Å²) in [7, 11) is 0. The van der Waals surface area contributed by atoms with Crippen LogP contribution in [0.2, 0.25) is 0 Å². The minimum Gasteiger partial charge on any atom is -0.441 e. The summed E-state index contributed by atoms with van der Waals surface area (Å²) in [4.78, 5) is 23.1. The van der Waals surface area contributed by atoms with E-state index in [1.807, 2.05) is 36.3 Å². The first kappa shape index (κ1) is 15.3. The lowest BCUT2D eigenvalue weighted by Gasteiger charge is -2.15. The summed E-state index contributed by atoms with van der Waals surface area (Å²) in [5, 5.41) is 2.27. The second kappa shape index (κ2) is 7.00. The first-order valence-electron chi connectivity index (χ1n) is 5.95. The van der Waals surface area contributed by atoms with Crippen molar-refractivity contribution in [1.82, 2.24) is 5.32 Å². The molecule has 0 aromatic heterocycles. The van der Waals surface area contributed by atoms with Gasteiger partial charge in [0.25, 0.3) is 5.78 Å². The van der Waals surface area contributed by atoms with Gasteiger partial charge in [0.2, 0.25) is 0 Å². The van der Waals surface area contributed by atoms with Crippen molar-refractivity contribution >= 4 is 11.9 Å². The van der Waals surface area contributed by atoms with E-state index in [1.165, 1.54) is 6.92 Å². The number of rotatable bonds is 4. The fourth-order valence-electron chi connectivity index (χ4n) is 1.49. The second-order valence-electron chi connectivity index (χ2n) is 4.11. The molecule has 0 aliphatic rings. The SMILES string of the molecule is C#CC(=O)C(NC(=O)O[C@H](C)c1ccccc1)=C(C)N. The Labute approximate surface area is 117 Å². The van der Waals surface area contributed by atoms with Crippen molar-refractivity contribution in [2.24, 2.45) is 5.73 Å². The van der Waals surface area contributed by atoms with E-state index in [9.17, 15) is 9.59 Å². The van der Waals surface area contributed by atoms with Crippen molar-refractivity contribution in [3.63, 3.8) is 0 Å². The molecule has 0 saturated carbocycles. The Morgan fingerprint density at radius 1 is 1.35 bits per heavy atom. The number of amides is 1. The van der Waals surface area contributed by atoms with Crippen molar-refractivity contribution in [2.75, 3.05) is 0 Å². The lowest BCUT2D eigenvalue weighted by Crippen LogP contribution is -2.30. The minimum absolute atomic E-state index is 0.122.